The number of thiazole rings is 1. The highest BCUT2D eigenvalue weighted by molar-refractivity contribution is 7.73. The topological polar surface area (TPSA) is 25.0 Å². The molecule has 0 aliphatic heterocycles. The summed E-state index contributed by atoms with van der Waals surface area (Å²) in [6.07, 6.45) is 0. The third-order valence-corrected chi connectivity index (χ3v) is 3.76. The van der Waals surface area contributed by atoms with E-state index < -0.39 is 0 Å². The van der Waals surface area contributed by atoms with Crippen molar-refractivity contribution in [2.75, 3.05) is 7.11 Å². The first-order valence-electron chi connectivity index (χ1n) is 5.48. The van der Waals surface area contributed by atoms with E-state index in [2.05, 4.69) is 31.0 Å². The Labute approximate surface area is 110 Å². The van der Waals surface area contributed by atoms with E-state index in [-0.39, 0.29) is 0 Å². The van der Waals surface area contributed by atoms with Crippen molar-refractivity contribution in [1.29, 1.82) is 0 Å². The average molecular weight is 265 g/mol. The van der Waals surface area contributed by atoms with Crippen molar-refractivity contribution in [3.05, 3.63) is 33.1 Å². The summed E-state index contributed by atoms with van der Waals surface area (Å²) in [6.45, 7) is 4.36. The standard InChI is InChI=1S/C13H15NOS2/c1-8(2)9-4-5-12(15-3)10(6-9)11-7-17-13(16)14-11/h4-8H,1-3H3,(H,14,16). The molecule has 1 heterocycles. The zero-order valence-electron chi connectivity index (χ0n) is 10.1. The Kier molecular flexibility index (Phi) is 3.64. The highest BCUT2D eigenvalue weighted by Crippen LogP contribution is 2.32. The van der Waals surface area contributed by atoms with Crippen molar-refractivity contribution in [3.8, 4) is 17.0 Å². The molecule has 90 valence electrons. The Bertz CT molecular complexity index is 569. The molecule has 0 aliphatic rings. The lowest BCUT2D eigenvalue weighted by atomic mass is 9.99. The minimum atomic E-state index is 0.501. The molecule has 2 rings (SSSR count). The van der Waals surface area contributed by atoms with Gasteiger partial charge in [-0.25, -0.2) is 0 Å². The van der Waals surface area contributed by atoms with Crippen LogP contribution in [0.25, 0.3) is 11.3 Å². The van der Waals surface area contributed by atoms with Crippen LogP contribution in [0.1, 0.15) is 25.3 Å². The zero-order chi connectivity index (χ0) is 12.4. The summed E-state index contributed by atoms with van der Waals surface area (Å²) >= 11 is 6.66. The molecule has 2 nitrogen and oxygen atoms in total. The minimum Gasteiger partial charge on any atom is -0.496 e. The number of benzene rings is 1. The second-order valence-electron chi connectivity index (χ2n) is 4.18. The molecule has 0 atom stereocenters. The summed E-state index contributed by atoms with van der Waals surface area (Å²) in [5, 5.41) is 2.03. The lowest BCUT2D eigenvalue weighted by Crippen LogP contribution is -1.92. The fraction of sp³-hybridized carbons (Fsp3) is 0.308. The molecule has 0 aliphatic carbocycles. The van der Waals surface area contributed by atoms with Gasteiger partial charge in [0.15, 0.2) is 3.95 Å². The van der Waals surface area contributed by atoms with Crippen LogP contribution in [0.2, 0.25) is 0 Å². The molecule has 2 aromatic rings. The van der Waals surface area contributed by atoms with E-state index in [4.69, 9.17) is 17.0 Å². The molecule has 0 fully saturated rings. The fourth-order valence-corrected chi connectivity index (χ4v) is 2.54. The van der Waals surface area contributed by atoms with E-state index in [0.717, 1.165) is 21.0 Å². The molecule has 1 N–H and O–H groups in total. The van der Waals surface area contributed by atoms with Crippen LogP contribution in [0.5, 0.6) is 5.75 Å². The monoisotopic (exact) mass is 265 g/mol. The molecule has 0 unspecified atom stereocenters. The van der Waals surface area contributed by atoms with Gasteiger partial charge in [-0.1, -0.05) is 19.9 Å². The maximum Gasteiger partial charge on any atom is 0.158 e. The molecule has 0 saturated heterocycles. The number of hydrogen-bond donors (Lipinski definition) is 1. The number of hydrogen-bond acceptors (Lipinski definition) is 3. The highest BCUT2D eigenvalue weighted by Gasteiger charge is 2.10. The fourth-order valence-electron chi connectivity index (χ4n) is 1.71. The predicted molar refractivity (Wildman–Crippen MR) is 75.6 cm³/mol. The van der Waals surface area contributed by atoms with Crippen molar-refractivity contribution >= 4 is 23.6 Å². The molecule has 1 aromatic carbocycles. The van der Waals surface area contributed by atoms with Crippen molar-refractivity contribution in [2.45, 2.75) is 19.8 Å². The van der Waals surface area contributed by atoms with E-state index >= 15 is 0 Å². The first-order chi connectivity index (χ1) is 8.11. The van der Waals surface area contributed by atoms with E-state index in [9.17, 15) is 0 Å². The van der Waals surface area contributed by atoms with Gasteiger partial charge < -0.3 is 9.72 Å². The quantitative estimate of drug-likeness (QED) is 0.820. The Balaban J connectivity index is 2.57. The number of methoxy groups -OCH3 is 1. The summed E-state index contributed by atoms with van der Waals surface area (Å²) in [7, 11) is 1.69. The Morgan fingerprint density at radius 1 is 1.35 bits per heavy atom. The normalized spacial score (nSPS) is 10.8. The number of rotatable bonds is 3. The summed E-state index contributed by atoms with van der Waals surface area (Å²) in [6, 6.07) is 6.28. The first kappa shape index (κ1) is 12.3. The second-order valence-corrected chi connectivity index (χ2v) is 5.72. The van der Waals surface area contributed by atoms with Gasteiger partial charge >= 0.3 is 0 Å². The van der Waals surface area contributed by atoms with Crippen LogP contribution in [0, 0.1) is 3.95 Å². The molecule has 0 amide bonds. The van der Waals surface area contributed by atoms with Crippen molar-refractivity contribution in [3.63, 3.8) is 0 Å². The zero-order valence-corrected chi connectivity index (χ0v) is 11.7. The maximum absolute atomic E-state index is 5.39. The Morgan fingerprint density at radius 2 is 2.12 bits per heavy atom. The van der Waals surface area contributed by atoms with Gasteiger partial charge in [0.2, 0.25) is 0 Å². The lowest BCUT2D eigenvalue weighted by molar-refractivity contribution is 0.416. The largest absolute Gasteiger partial charge is 0.496 e. The number of nitrogens with one attached hydrogen (secondary N) is 1. The second kappa shape index (κ2) is 5.02. The molecule has 0 saturated carbocycles. The summed E-state index contributed by atoms with van der Waals surface area (Å²) in [5.41, 5.74) is 3.40. The van der Waals surface area contributed by atoms with Gasteiger partial charge in [-0.3, -0.25) is 0 Å². The van der Waals surface area contributed by atoms with Gasteiger partial charge in [0.05, 0.1) is 12.8 Å². The lowest BCUT2D eigenvalue weighted by Gasteiger charge is -2.11. The summed E-state index contributed by atoms with van der Waals surface area (Å²) in [5.74, 6) is 1.37. The third-order valence-electron chi connectivity index (χ3n) is 2.70. The van der Waals surface area contributed by atoms with E-state index in [1.807, 2.05) is 11.4 Å². The number of H-pyrrole nitrogens is 1. The van der Waals surface area contributed by atoms with Crippen molar-refractivity contribution < 1.29 is 4.74 Å². The van der Waals surface area contributed by atoms with E-state index in [1.165, 1.54) is 16.9 Å². The number of ether oxygens (including phenoxy) is 1. The SMILES string of the molecule is COc1ccc(C(C)C)cc1-c1csc(=S)[nH]1. The van der Waals surface area contributed by atoms with Gasteiger partial charge in [0.1, 0.15) is 5.75 Å². The first-order valence-corrected chi connectivity index (χ1v) is 6.76. The predicted octanol–water partition coefficient (Wildman–Crippen LogP) is 4.60. The van der Waals surface area contributed by atoms with Crippen LogP contribution >= 0.6 is 23.6 Å². The molecular weight excluding hydrogens is 250 g/mol. The molecule has 0 spiro atoms. The van der Waals surface area contributed by atoms with Crippen LogP contribution in [-0.4, -0.2) is 12.1 Å². The Hall–Kier alpha value is -1.13. The molecule has 0 bridgehead atoms. The van der Waals surface area contributed by atoms with Gasteiger partial charge in [0.25, 0.3) is 0 Å². The number of aromatic nitrogens is 1. The summed E-state index contributed by atoms with van der Waals surface area (Å²) in [4.78, 5) is 3.19. The van der Waals surface area contributed by atoms with Gasteiger partial charge in [-0.15, -0.1) is 11.3 Å². The van der Waals surface area contributed by atoms with E-state index in [1.54, 1.807) is 7.11 Å². The molecule has 17 heavy (non-hydrogen) atoms. The van der Waals surface area contributed by atoms with Crippen LogP contribution in [-0.2, 0) is 0 Å². The smallest absolute Gasteiger partial charge is 0.158 e. The molecular formula is C13H15NOS2. The summed E-state index contributed by atoms with van der Waals surface area (Å²) < 4.78 is 6.18. The average Bonchev–Trinajstić information content (AvgIpc) is 2.74. The molecule has 0 radical (unpaired) electrons. The minimum absolute atomic E-state index is 0.501. The van der Waals surface area contributed by atoms with Crippen LogP contribution in [0.15, 0.2) is 23.6 Å². The van der Waals surface area contributed by atoms with Crippen LogP contribution in [0.3, 0.4) is 0 Å². The van der Waals surface area contributed by atoms with E-state index in [0.29, 0.717) is 5.92 Å². The van der Waals surface area contributed by atoms with Gasteiger partial charge in [-0.05, 0) is 35.8 Å². The third kappa shape index (κ3) is 2.58. The maximum atomic E-state index is 5.39. The van der Waals surface area contributed by atoms with Crippen molar-refractivity contribution in [1.82, 2.24) is 4.98 Å². The molecule has 4 heteroatoms. The van der Waals surface area contributed by atoms with Crippen molar-refractivity contribution in [2.24, 2.45) is 0 Å². The number of aromatic amines is 1. The Morgan fingerprint density at radius 3 is 2.65 bits per heavy atom. The van der Waals surface area contributed by atoms with Crippen LogP contribution < -0.4 is 4.74 Å². The van der Waals surface area contributed by atoms with Gasteiger partial charge in [0, 0.05) is 10.9 Å². The molecule has 1 aromatic heterocycles. The van der Waals surface area contributed by atoms with Crippen LogP contribution in [0.4, 0.5) is 0 Å². The highest BCUT2D eigenvalue weighted by atomic mass is 32.1. The van der Waals surface area contributed by atoms with Gasteiger partial charge in [-0.2, -0.15) is 0 Å².